The number of rotatable bonds is 36. The highest BCUT2D eigenvalue weighted by Crippen LogP contribution is 2.34. The lowest BCUT2D eigenvalue weighted by molar-refractivity contribution is 0.304. The highest BCUT2D eigenvalue weighted by molar-refractivity contribution is 5.50. The van der Waals surface area contributed by atoms with Crippen molar-refractivity contribution in [2.75, 3.05) is 6.61 Å². The molecule has 0 fully saturated rings. The molecular weight excluding hydrogens is 621 g/mol. The zero-order valence-electron chi connectivity index (χ0n) is 34.4. The second-order valence-corrected chi connectivity index (χ2v) is 15.8. The molecule has 0 aliphatic rings. The Morgan fingerprint density at radius 3 is 1.24 bits per heavy atom. The van der Waals surface area contributed by atoms with Gasteiger partial charge in [-0.25, -0.2) is 0 Å². The Balaban J connectivity index is 2.06. The summed E-state index contributed by atoms with van der Waals surface area (Å²) in [7, 11) is 0. The predicted octanol–water partition coefficient (Wildman–Crippen LogP) is 16.0. The van der Waals surface area contributed by atoms with E-state index in [4.69, 9.17) is 4.74 Å². The van der Waals surface area contributed by atoms with E-state index >= 15 is 0 Å². The summed E-state index contributed by atoms with van der Waals surface area (Å²) in [6.07, 6.45) is 43.2. The van der Waals surface area contributed by atoms with Crippen LogP contribution < -0.4 is 4.74 Å². The number of unbranched alkanes of at least 4 members (excludes halogenated alkanes) is 25. The number of aryl methyl sites for hydroxylation is 1. The second kappa shape index (κ2) is 32.7. The molecule has 2 rings (SSSR count). The van der Waals surface area contributed by atoms with Crippen LogP contribution in [0.25, 0.3) is 0 Å². The third kappa shape index (κ3) is 22.7. The van der Waals surface area contributed by atoms with Gasteiger partial charge in [0.25, 0.3) is 0 Å². The number of phenolic OH excluding ortho intramolecular Hbond substituents is 1. The Kier molecular flexibility index (Phi) is 29.0. The summed E-state index contributed by atoms with van der Waals surface area (Å²) in [4.78, 5) is 0. The molecule has 0 spiro atoms. The van der Waals surface area contributed by atoms with Gasteiger partial charge in [-0.05, 0) is 98.2 Å². The Morgan fingerprint density at radius 1 is 0.392 bits per heavy atom. The van der Waals surface area contributed by atoms with Gasteiger partial charge in [0.05, 0.1) is 6.61 Å². The van der Waals surface area contributed by atoms with Crippen molar-refractivity contribution in [3.05, 3.63) is 58.7 Å². The monoisotopic (exact) mass is 705 g/mol. The van der Waals surface area contributed by atoms with Gasteiger partial charge in [0.15, 0.2) is 0 Å². The molecule has 0 aromatic heterocycles. The van der Waals surface area contributed by atoms with Crippen LogP contribution in [-0.2, 0) is 25.7 Å². The Morgan fingerprint density at radius 2 is 0.765 bits per heavy atom. The maximum Gasteiger partial charge on any atom is 0.119 e. The van der Waals surface area contributed by atoms with Crippen molar-refractivity contribution in [1.29, 1.82) is 0 Å². The lowest BCUT2D eigenvalue weighted by atomic mass is 9.85. The van der Waals surface area contributed by atoms with Crippen LogP contribution in [0.2, 0.25) is 0 Å². The van der Waals surface area contributed by atoms with Crippen molar-refractivity contribution < 1.29 is 9.84 Å². The van der Waals surface area contributed by atoms with Gasteiger partial charge in [0.1, 0.15) is 11.5 Å². The highest BCUT2D eigenvalue weighted by Gasteiger charge is 2.18. The van der Waals surface area contributed by atoms with Crippen LogP contribution in [0.4, 0.5) is 0 Å². The molecule has 51 heavy (non-hydrogen) atoms. The van der Waals surface area contributed by atoms with E-state index in [1.807, 2.05) is 18.2 Å². The van der Waals surface area contributed by atoms with Gasteiger partial charge >= 0.3 is 0 Å². The number of aromatic hydroxyl groups is 1. The first-order valence-corrected chi connectivity index (χ1v) is 22.7. The van der Waals surface area contributed by atoms with Gasteiger partial charge in [-0.1, -0.05) is 193 Å². The summed E-state index contributed by atoms with van der Waals surface area (Å²) in [6, 6.07) is 12.5. The topological polar surface area (TPSA) is 29.5 Å². The summed E-state index contributed by atoms with van der Waals surface area (Å²) in [5, 5.41) is 11.6. The average molecular weight is 705 g/mol. The molecule has 0 saturated carbocycles. The van der Waals surface area contributed by atoms with Crippen molar-refractivity contribution >= 4 is 0 Å². The first-order chi connectivity index (χ1) is 25.2. The zero-order valence-corrected chi connectivity index (χ0v) is 34.4. The third-order valence-electron chi connectivity index (χ3n) is 11.2. The lowest BCUT2D eigenvalue weighted by Gasteiger charge is -2.21. The minimum Gasteiger partial charge on any atom is -0.508 e. The smallest absolute Gasteiger partial charge is 0.119 e. The van der Waals surface area contributed by atoms with Gasteiger partial charge in [-0.2, -0.15) is 0 Å². The maximum absolute atomic E-state index is 11.6. The molecule has 0 bridgehead atoms. The van der Waals surface area contributed by atoms with Gasteiger partial charge in [0, 0.05) is 0 Å². The van der Waals surface area contributed by atoms with Gasteiger partial charge in [-0.15, -0.1) is 0 Å². The first-order valence-electron chi connectivity index (χ1n) is 22.7. The number of para-hydroxylation sites is 1. The molecule has 2 aromatic carbocycles. The molecule has 2 heteroatoms. The van der Waals surface area contributed by atoms with Crippen LogP contribution in [0.5, 0.6) is 11.5 Å². The molecule has 0 aliphatic carbocycles. The Bertz CT molecular complexity index is 1040. The Hall–Kier alpha value is -1.96. The van der Waals surface area contributed by atoms with E-state index in [0.29, 0.717) is 5.75 Å². The molecule has 0 atom stereocenters. The number of phenols is 1. The molecule has 292 valence electrons. The van der Waals surface area contributed by atoms with Crippen molar-refractivity contribution in [2.45, 2.75) is 233 Å². The number of hydrogen-bond acceptors (Lipinski definition) is 2. The van der Waals surface area contributed by atoms with E-state index < -0.39 is 0 Å². The van der Waals surface area contributed by atoms with Crippen LogP contribution in [0.15, 0.2) is 36.4 Å². The Labute approximate surface area is 318 Å². The molecule has 0 saturated heterocycles. The summed E-state index contributed by atoms with van der Waals surface area (Å²) in [6.45, 7) is 7.72. The van der Waals surface area contributed by atoms with Gasteiger partial charge in [-0.3, -0.25) is 0 Å². The largest absolute Gasteiger partial charge is 0.508 e. The van der Waals surface area contributed by atoms with Crippen molar-refractivity contribution in [3.63, 3.8) is 0 Å². The van der Waals surface area contributed by atoms with E-state index in [-0.39, 0.29) is 0 Å². The fourth-order valence-corrected chi connectivity index (χ4v) is 7.95. The van der Waals surface area contributed by atoms with Crippen LogP contribution >= 0.6 is 0 Å². The van der Waals surface area contributed by atoms with Crippen molar-refractivity contribution in [2.24, 2.45) is 0 Å². The first kappa shape index (κ1) is 45.2. The summed E-state index contributed by atoms with van der Waals surface area (Å²) >= 11 is 0. The van der Waals surface area contributed by atoms with Crippen LogP contribution in [0.1, 0.15) is 229 Å². The minimum absolute atomic E-state index is 0.611. The molecular formula is C49H84O2. The summed E-state index contributed by atoms with van der Waals surface area (Å²) < 4.78 is 5.98. The molecule has 0 amide bonds. The zero-order chi connectivity index (χ0) is 36.5. The van der Waals surface area contributed by atoms with E-state index in [0.717, 1.165) is 38.0 Å². The number of ether oxygens (including phenoxy) is 1. The summed E-state index contributed by atoms with van der Waals surface area (Å²) in [5.74, 6) is 1.59. The number of benzene rings is 2. The molecule has 2 nitrogen and oxygen atoms in total. The molecule has 2 aromatic rings. The fourth-order valence-electron chi connectivity index (χ4n) is 7.95. The molecule has 0 unspecified atom stereocenters. The molecule has 0 heterocycles. The van der Waals surface area contributed by atoms with E-state index in [2.05, 4.69) is 39.0 Å². The standard InChI is InChI=1S/C49H84O2/c1-4-7-10-13-16-18-19-22-25-34-41-48-47(40-33-24-21-17-14-11-8-5-2)46(39-32-26-27-35-42-51-45-37-30-28-31-38-45)44(43-49(48)50)36-29-23-20-15-12-9-6-3/h28,30-31,37-38,43,50H,4-27,29,32-36,39-42H2,1-3H3. The maximum atomic E-state index is 11.6. The molecule has 0 aliphatic heterocycles. The van der Waals surface area contributed by atoms with Gasteiger partial charge < -0.3 is 9.84 Å². The second-order valence-electron chi connectivity index (χ2n) is 15.8. The van der Waals surface area contributed by atoms with Crippen molar-refractivity contribution in [1.82, 2.24) is 0 Å². The predicted molar refractivity (Wildman–Crippen MR) is 226 cm³/mol. The highest BCUT2D eigenvalue weighted by atomic mass is 16.5. The van der Waals surface area contributed by atoms with Gasteiger partial charge in [0.2, 0.25) is 0 Å². The molecule has 0 radical (unpaired) electrons. The van der Waals surface area contributed by atoms with E-state index in [1.165, 1.54) is 197 Å². The fraction of sp³-hybridized carbons (Fsp3) is 0.755. The van der Waals surface area contributed by atoms with E-state index in [9.17, 15) is 5.11 Å². The summed E-state index contributed by atoms with van der Waals surface area (Å²) in [5.41, 5.74) is 5.97. The van der Waals surface area contributed by atoms with E-state index in [1.54, 1.807) is 11.1 Å². The van der Waals surface area contributed by atoms with Crippen LogP contribution in [-0.4, -0.2) is 11.7 Å². The number of hydrogen-bond donors (Lipinski definition) is 1. The van der Waals surface area contributed by atoms with Crippen LogP contribution in [0.3, 0.4) is 0 Å². The minimum atomic E-state index is 0.611. The van der Waals surface area contributed by atoms with Crippen LogP contribution in [0, 0.1) is 0 Å². The quantitative estimate of drug-likeness (QED) is 0.0716. The third-order valence-corrected chi connectivity index (χ3v) is 11.2. The SMILES string of the molecule is CCCCCCCCCCCCc1c(O)cc(CCCCCCCCC)c(CCCCCCOc2ccccc2)c1CCCCCCCCCC. The normalized spacial score (nSPS) is 11.4. The van der Waals surface area contributed by atoms with Crippen molar-refractivity contribution in [3.8, 4) is 11.5 Å². The average Bonchev–Trinajstić information content (AvgIpc) is 3.14. The molecule has 1 N–H and O–H groups in total. The lowest BCUT2D eigenvalue weighted by Crippen LogP contribution is -2.07.